The molecule has 1 heterocycles. The zero-order chi connectivity index (χ0) is 34.8. The summed E-state index contributed by atoms with van der Waals surface area (Å²) in [5, 5.41) is 20.4. The van der Waals surface area contributed by atoms with Crippen molar-refractivity contribution >= 4 is 57.9 Å². The molecule has 4 rings (SSSR count). The average Bonchev–Trinajstić information content (AvgIpc) is 3.36. The molecule has 4 N–H and O–H groups in total. The molecule has 8 nitrogen and oxygen atoms in total. The van der Waals surface area contributed by atoms with Gasteiger partial charge in [-0.25, -0.2) is 4.68 Å². The van der Waals surface area contributed by atoms with Crippen LogP contribution in [0.15, 0.2) is 65.5 Å². The Morgan fingerprint density at radius 2 is 1.54 bits per heavy atom. The predicted molar refractivity (Wildman–Crippen MR) is 198 cm³/mol. The topological polar surface area (TPSA) is 108 Å². The fourth-order valence-electron chi connectivity index (χ4n) is 5.49. The second kappa shape index (κ2) is 17.2. The maximum absolute atomic E-state index is 13.7. The van der Waals surface area contributed by atoms with Gasteiger partial charge in [0.1, 0.15) is 23.0 Å². The summed E-state index contributed by atoms with van der Waals surface area (Å²) in [5.41, 5.74) is 1.54. The molecule has 11 heteroatoms. The number of aromatic hydroxyl groups is 1. The standard InChI is InChI=1S/C37H45Cl3N4O4/c1-5-6-7-8-9-10-11-12-16-32(48-27-17-18-31(45)28(22-27)37(2,3)4)36(47)42-26-15-13-14-25(21-26)41-33-23-34(46)44(43-33)35-29(39)19-24(38)20-30(35)40/h13-15,17-23,32,41,43,45H,5-12,16H2,1-4H3,(H,42,47). The van der Waals surface area contributed by atoms with Crippen LogP contribution in [0.3, 0.4) is 0 Å². The van der Waals surface area contributed by atoms with Crippen molar-refractivity contribution in [3.63, 3.8) is 0 Å². The lowest BCUT2D eigenvalue weighted by molar-refractivity contribution is -0.123. The number of carbonyl (C=O) groups is 1. The van der Waals surface area contributed by atoms with Gasteiger partial charge in [0.25, 0.3) is 11.5 Å². The van der Waals surface area contributed by atoms with Crippen molar-refractivity contribution in [1.82, 2.24) is 9.78 Å². The number of rotatable bonds is 16. The van der Waals surface area contributed by atoms with E-state index in [1.807, 2.05) is 32.9 Å². The molecule has 258 valence electrons. The first-order chi connectivity index (χ1) is 22.8. The van der Waals surface area contributed by atoms with Crippen LogP contribution in [0, 0.1) is 0 Å². The van der Waals surface area contributed by atoms with Crippen molar-refractivity contribution in [1.29, 1.82) is 0 Å². The van der Waals surface area contributed by atoms with E-state index in [1.165, 1.54) is 55.0 Å². The van der Waals surface area contributed by atoms with Crippen LogP contribution in [0.4, 0.5) is 17.2 Å². The average molecular weight is 716 g/mol. The van der Waals surface area contributed by atoms with Crippen LogP contribution in [0.1, 0.15) is 91.0 Å². The number of phenols is 1. The Bertz CT molecular complexity index is 1720. The van der Waals surface area contributed by atoms with Crippen LogP contribution in [-0.2, 0) is 10.2 Å². The zero-order valence-corrected chi connectivity index (χ0v) is 30.2. The Hall–Kier alpha value is -3.59. The van der Waals surface area contributed by atoms with Gasteiger partial charge in [-0.2, -0.15) is 0 Å². The number of nitrogens with one attached hydrogen (secondary N) is 3. The number of nitrogens with zero attached hydrogens (tertiary/aromatic N) is 1. The molecule has 0 spiro atoms. The number of hydrogen-bond acceptors (Lipinski definition) is 5. The number of benzene rings is 3. The molecular formula is C37H45Cl3N4O4. The third-order valence-electron chi connectivity index (χ3n) is 8.00. The smallest absolute Gasteiger partial charge is 0.273 e. The minimum absolute atomic E-state index is 0.194. The third kappa shape index (κ3) is 10.5. The van der Waals surface area contributed by atoms with E-state index in [-0.39, 0.29) is 38.4 Å². The predicted octanol–water partition coefficient (Wildman–Crippen LogP) is 10.8. The Labute approximate surface area is 297 Å². The highest BCUT2D eigenvalue weighted by molar-refractivity contribution is 6.40. The normalized spacial score (nSPS) is 12.1. The number of aromatic nitrogens is 2. The fourth-order valence-corrected chi connectivity index (χ4v) is 6.47. The lowest BCUT2D eigenvalue weighted by atomic mass is 9.86. The number of carbonyl (C=O) groups excluding carboxylic acids is 1. The van der Waals surface area contributed by atoms with Gasteiger partial charge in [-0.1, -0.05) is 114 Å². The summed E-state index contributed by atoms with van der Waals surface area (Å²) < 4.78 is 7.53. The zero-order valence-electron chi connectivity index (χ0n) is 28.0. The number of aromatic amines is 1. The van der Waals surface area contributed by atoms with E-state index < -0.39 is 6.10 Å². The molecule has 0 aliphatic carbocycles. The van der Waals surface area contributed by atoms with Crippen LogP contribution in [0.5, 0.6) is 11.5 Å². The Balaban J connectivity index is 1.47. The van der Waals surface area contributed by atoms with Gasteiger partial charge in [0.2, 0.25) is 0 Å². The van der Waals surface area contributed by atoms with Crippen LogP contribution >= 0.6 is 34.8 Å². The quantitative estimate of drug-likeness (QED) is 0.0864. The number of unbranched alkanes of at least 4 members (excludes halogenated alkanes) is 7. The second-order valence-corrected chi connectivity index (χ2v) is 14.3. The molecule has 0 radical (unpaired) electrons. The van der Waals surface area contributed by atoms with Crippen molar-refractivity contribution in [2.75, 3.05) is 10.6 Å². The molecule has 1 atom stereocenters. The summed E-state index contributed by atoms with van der Waals surface area (Å²) >= 11 is 18.7. The van der Waals surface area contributed by atoms with Gasteiger partial charge in [0.05, 0.1) is 10.0 Å². The molecule has 1 unspecified atom stereocenters. The summed E-state index contributed by atoms with van der Waals surface area (Å²) in [7, 11) is 0. The van der Waals surface area contributed by atoms with Crippen molar-refractivity contribution in [3.8, 4) is 17.2 Å². The largest absolute Gasteiger partial charge is 0.508 e. The first-order valence-corrected chi connectivity index (χ1v) is 17.6. The van der Waals surface area contributed by atoms with Gasteiger partial charge in [-0.3, -0.25) is 14.7 Å². The molecule has 0 bridgehead atoms. The van der Waals surface area contributed by atoms with Gasteiger partial charge in [-0.05, 0) is 66.8 Å². The number of anilines is 3. The van der Waals surface area contributed by atoms with Crippen molar-refractivity contribution in [2.24, 2.45) is 0 Å². The molecule has 4 aromatic rings. The van der Waals surface area contributed by atoms with Crippen molar-refractivity contribution in [3.05, 3.63) is 91.6 Å². The number of amides is 1. The van der Waals surface area contributed by atoms with Gasteiger partial charge >= 0.3 is 0 Å². The SMILES string of the molecule is CCCCCCCCCCC(Oc1ccc(O)c(C(C)(C)C)c1)C(=O)Nc1cccc(Nc2cc(=O)n(-c3c(Cl)cc(Cl)cc3Cl)[nH]2)c1. The van der Waals surface area contributed by atoms with E-state index in [0.717, 1.165) is 24.8 Å². The molecule has 3 aromatic carbocycles. The lowest BCUT2D eigenvalue weighted by Crippen LogP contribution is -2.33. The number of H-pyrrole nitrogens is 1. The molecule has 1 aromatic heterocycles. The minimum atomic E-state index is -0.738. The van der Waals surface area contributed by atoms with Gasteiger partial charge in [0, 0.05) is 28.0 Å². The van der Waals surface area contributed by atoms with Gasteiger partial charge in [0.15, 0.2) is 6.10 Å². The summed E-state index contributed by atoms with van der Waals surface area (Å²) in [4.78, 5) is 26.5. The van der Waals surface area contributed by atoms with E-state index >= 15 is 0 Å². The Morgan fingerprint density at radius 3 is 2.21 bits per heavy atom. The molecule has 0 aliphatic rings. The van der Waals surface area contributed by atoms with E-state index in [9.17, 15) is 14.7 Å². The highest BCUT2D eigenvalue weighted by Crippen LogP contribution is 2.34. The van der Waals surface area contributed by atoms with E-state index in [4.69, 9.17) is 39.5 Å². The highest BCUT2D eigenvalue weighted by atomic mass is 35.5. The summed E-state index contributed by atoms with van der Waals surface area (Å²) in [6.07, 6.45) is 9.00. The van der Waals surface area contributed by atoms with Crippen molar-refractivity contribution in [2.45, 2.75) is 97.0 Å². The first-order valence-electron chi connectivity index (χ1n) is 16.5. The van der Waals surface area contributed by atoms with E-state index in [0.29, 0.717) is 34.4 Å². The first kappa shape index (κ1) is 37.2. The lowest BCUT2D eigenvalue weighted by Gasteiger charge is -2.23. The summed E-state index contributed by atoms with van der Waals surface area (Å²) in [6.45, 7) is 8.27. The third-order valence-corrected chi connectivity index (χ3v) is 8.80. The highest BCUT2D eigenvalue weighted by Gasteiger charge is 2.24. The Kier molecular flexibility index (Phi) is 13.3. The monoisotopic (exact) mass is 714 g/mol. The summed E-state index contributed by atoms with van der Waals surface area (Å²) in [5.74, 6) is 0.844. The second-order valence-electron chi connectivity index (χ2n) is 13.1. The van der Waals surface area contributed by atoms with Crippen LogP contribution in [0.2, 0.25) is 15.1 Å². The number of halogens is 3. The summed E-state index contributed by atoms with van der Waals surface area (Å²) in [6, 6.07) is 16.7. The van der Waals surface area contributed by atoms with Gasteiger partial charge < -0.3 is 20.5 Å². The van der Waals surface area contributed by atoms with Crippen LogP contribution < -0.4 is 20.9 Å². The molecular weight excluding hydrogens is 671 g/mol. The Morgan fingerprint density at radius 1 is 0.896 bits per heavy atom. The maximum Gasteiger partial charge on any atom is 0.273 e. The van der Waals surface area contributed by atoms with E-state index in [1.54, 1.807) is 30.3 Å². The number of ether oxygens (including phenoxy) is 1. The van der Waals surface area contributed by atoms with Crippen LogP contribution in [0.25, 0.3) is 5.69 Å². The minimum Gasteiger partial charge on any atom is -0.508 e. The molecule has 0 aliphatic heterocycles. The number of hydrogen-bond donors (Lipinski definition) is 4. The molecule has 0 fully saturated rings. The molecule has 0 saturated heterocycles. The van der Waals surface area contributed by atoms with E-state index in [2.05, 4.69) is 22.7 Å². The van der Waals surface area contributed by atoms with Crippen LogP contribution in [-0.4, -0.2) is 26.9 Å². The fraction of sp³-hybridized carbons (Fsp3) is 0.405. The molecule has 1 amide bonds. The number of phenolic OH excluding ortho intramolecular Hbond substituents is 1. The van der Waals surface area contributed by atoms with Gasteiger partial charge in [-0.15, -0.1) is 0 Å². The molecule has 0 saturated carbocycles. The molecule has 48 heavy (non-hydrogen) atoms. The maximum atomic E-state index is 13.7. The van der Waals surface area contributed by atoms with Crippen molar-refractivity contribution < 1.29 is 14.6 Å².